The minimum absolute atomic E-state index is 0.186. The van der Waals surface area contributed by atoms with Crippen LogP contribution in [0.5, 0.6) is 0 Å². The third kappa shape index (κ3) is 2.85. The number of nitrogens with zero attached hydrogens (tertiary/aromatic N) is 1. The van der Waals surface area contributed by atoms with E-state index in [1.165, 1.54) is 24.3 Å². The number of hydrogen-bond donors (Lipinski definition) is 1. The lowest BCUT2D eigenvalue weighted by atomic mass is 9.79. The van der Waals surface area contributed by atoms with Gasteiger partial charge in [-0.2, -0.15) is 0 Å². The lowest BCUT2D eigenvalue weighted by Crippen LogP contribution is -2.41. The number of anilines is 1. The normalized spacial score (nSPS) is 31.9. The molecule has 2 aliphatic carbocycles. The molecule has 1 amide bonds. The molecule has 2 saturated carbocycles. The van der Waals surface area contributed by atoms with Gasteiger partial charge in [-0.25, -0.2) is 4.98 Å². The van der Waals surface area contributed by atoms with Crippen molar-refractivity contribution in [3.8, 4) is 0 Å². The molecule has 2 heterocycles. The molecule has 3 atom stereocenters. The van der Waals surface area contributed by atoms with Crippen LogP contribution >= 0.6 is 34.9 Å². The minimum Gasteiger partial charge on any atom is -0.302 e. The average molecular weight is 369 g/mol. The van der Waals surface area contributed by atoms with Crippen molar-refractivity contribution in [3.63, 3.8) is 0 Å². The standard InChI is InChI=1S/C17H24N2OS3/c1-10(2)14-9-21-16(18-14)19-15(20)11-7-12-3-4-13(8-11)17(12)22-5-6-23-17/h9-13H,3-8H2,1-2H3,(H,18,19,20)/t11?,12-,13+. The summed E-state index contributed by atoms with van der Waals surface area (Å²) in [7, 11) is 0. The van der Waals surface area contributed by atoms with Crippen LogP contribution in [-0.4, -0.2) is 26.5 Å². The maximum Gasteiger partial charge on any atom is 0.229 e. The number of amides is 1. The van der Waals surface area contributed by atoms with Gasteiger partial charge in [-0.3, -0.25) is 4.79 Å². The smallest absolute Gasteiger partial charge is 0.229 e. The molecule has 1 saturated heterocycles. The van der Waals surface area contributed by atoms with Gasteiger partial charge in [-0.15, -0.1) is 34.9 Å². The van der Waals surface area contributed by atoms with Gasteiger partial charge in [0.25, 0.3) is 0 Å². The van der Waals surface area contributed by atoms with Crippen LogP contribution in [0.4, 0.5) is 5.13 Å². The van der Waals surface area contributed by atoms with Crippen LogP contribution in [-0.2, 0) is 4.79 Å². The fraction of sp³-hybridized carbons (Fsp3) is 0.765. The molecule has 2 bridgehead atoms. The van der Waals surface area contributed by atoms with E-state index < -0.39 is 0 Å². The molecule has 0 radical (unpaired) electrons. The molecule has 3 aliphatic rings. The first-order valence-electron chi connectivity index (χ1n) is 8.62. The third-order valence-electron chi connectivity index (χ3n) is 5.59. The summed E-state index contributed by atoms with van der Waals surface area (Å²) >= 11 is 5.93. The highest BCUT2D eigenvalue weighted by molar-refractivity contribution is 8.21. The van der Waals surface area contributed by atoms with Crippen molar-refractivity contribution in [3.05, 3.63) is 11.1 Å². The van der Waals surface area contributed by atoms with E-state index in [0.717, 1.165) is 35.5 Å². The predicted molar refractivity (Wildman–Crippen MR) is 101 cm³/mol. The van der Waals surface area contributed by atoms with Crippen molar-refractivity contribution in [1.29, 1.82) is 0 Å². The third-order valence-corrected chi connectivity index (χ3v) is 10.4. The Morgan fingerprint density at radius 3 is 2.48 bits per heavy atom. The molecule has 1 aromatic heterocycles. The second kappa shape index (κ2) is 6.26. The van der Waals surface area contributed by atoms with Gasteiger partial charge in [-0.1, -0.05) is 13.8 Å². The summed E-state index contributed by atoms with van der Waals surface area (Å²) < 4.78 is 0.461. The Hall–Kier alpha value is -0.200. The summed E-state index contributed by atoms with van der Waals surface area (Å²) in [6, 6.07) is 0. The molecule has 23 heavy (non-hydrogen) atoms. The lowest BCUT2D eigenvalue weighted by Gasteiger charge is -2.42. The number of thioether (sulfide) groups is 2. The van der Waals surface area contributed by atoms with E-state index in [4.69, 9.17) is 0 Å². The zero-order valence-electron chi connectivity index (χ0n) is 13.7. The first-order valence-corrected chi connectivity index (χ1v) is 11.5. The fourth-order valence-electron chi connectivity index (χ4n) is 4.43. The average Bonchev–Trinajstić information content (AvgIpc) is 3.21. The molecule has 1 aliphatic heterocycles. The summed E-state index contributed by atoms with van der Waals surface area (Å²) in [6.07, 6.45) is 4.79. The Labute approximate surface area is 150 Å². The van der Waals surface area contributed by atoms with Gasteiger partial charge in [-0.05, 0) is 43.4 Å². The topological polar surface area (TPSA) is 42.0 Å². The quantitative estimate of drug-likeness (QED) is 0.831. The van der Waals surface area contributed by atoms with Crippen molar-refractivity contribution in [1.82, 2.24) is 4.98 Å². The van der Waals surface area contributed by atoms with E-state index in [2.05, 4.69) is 53.1 Å². The second-order valence-electron chi connectivity index (χ2n) is 7.28. The number of thiazole rings is 1. The summed E-state index contributed by atoms with van der Waals surface area (Å²) in [6.45, 7) is 4.27. The first kappa shape index (κ1) is 16.3. The van der Waals surface area contributed by atoms with E-state index in [9.17, 15) is 4.79 Å². The summed E-state index contributed by atoms with van der Waals surface area (Å²) in [5.74, 6) is 4.87. The Bertz CT molecular complexity index is 578. The van der Waals surface area contributed by atoms with Crippen LogP contribution in [0.3, 0.4) is 0 Å². The number of nitrogens with one attached hydrogen (secondary N) is 1. The summed E-state index contributed by atoms with van der Waals surface area (Å²) in [5, 5.41) is 5.92. The Morgan fingerprint density at radius 1 is 1.26 bits per heavy atom. The second-order valence-corrected chi connectivity index (χ2v) is 11.1. The predicted octanol–water partition coefficient (Wildman–Crippen LogP) is 4.82. The molecule has 6 heteroatoms. The van der Waals surface area contributed by atoms with Gasteiger partial charge < -0.3 is 5.32 Å². The highest BCUT2D eigenvalue weighted by Gasteiger charge is 2.57. The number of carbonyl (C=O) groups excluding carboxylic acids is 1. The van der Waals surface area contributed by atoms with Crippen molar-refractivity contribution in [2.75, 3.05) is 16.8 Å². The monoisotopic (exact) mass is 368 g/mol. The van der Waals surface area contributed by atoms with Crippen molar-refractivity contribution >= 4 is 45.9 Å². The number of rotatable bonds is 3. The Kier molecular flexibility index (Phi) is 4.43. The SMILES string of the molecule is CC(C)c1csc(NC(=O)C2C[C@H]3CC[C@@H](C2)C32SCCS2)n1. The van der Waals surface area contributed by atoms with Crippen molar-refractivity contribution in [2.45, 2.75) is 49.5 Å². The maximum absolute atomic E-state index is 12.7. The zero-order valence-corrected chi connectivity index (χ0v) is 16.2. The van der Waals surface area contributed by atoms with Gasteiger partial charge in [0.05, 0.1) is 9.77 Å². The molecular formula is C17H24N2OS3. The van der Waals surface area contributed by atoms with E-state index in [1.807, 2.05) is 0 Å². The maximum atomic E-state index is 12.7. The van der Waals surface area contributed by atoms with Gasteiger partial charge >= 0.3 is 0 Å². The molecular weight excluding hydrogens is 344 g/mol. The largest absolute Gasteiger partial charge is 0.302 e. The lowest BCUT2D eigenvalue weighted by molar-refractivity contribution is -0.121. The van der Waals surface area contributed by atoms with Crippen LogP contribution in [0, 0.1) is 17.8 Å². The molecule has 4 rings (SSSR count). The van der Waals surface area contributed by atoms with Crippen LogP contribution in [0.15, 0.2) is 5.38 Å². The summed E-state index contributed by atoms with van der Waals surface area (Å²) in [4.78, 5) is 17.3. The van der Waals surface area contributed by atoms with Gasteiger partial charge in [0.15, 0.2) is 5.13 Å². The number of hydrogen-bond acceptors (Lipinski definition) is 5. The molecule has 1 spiro atoms. The van der Waals surface area contributed by atoms with E-state index in [-0.39, 0.29) is 11.8 Å². The molecule has 1 unspecified atom stereocenters. The van der Waals surface area contributed by atoms with Gasteiger partial charge in [0, 0.05) is 22.8 Å². The first-order chi connectivity index (χ1) is 11.1. The van der Waals surface area contributed by atoms with Crippen molar-refractivity contribution in [2.24, 2.45) is 17.8 Å². The van der Waals surface area contributed by atoms with Gasteiger partial charge in [0.1, 0.15) is 0 Å². The molecule has 1 aromatic rings. The van der Waals surface area contributed by atoms with E-state index in [1.54, 1.807) is 11.3 Å². The van der Waals surface area contributed by atoms with Crippen LogP contribution in [0.1, 0.15) is 51.1 Å². The molecule has 0 aromatic carbocycles. The van der Waals surface area contributed by atoms with Crippen LogP contribution < -0.4 is 5.32 Å². The van der Waals surface area contributed by atoms with Crippen LogP contribution in [0.2, 0.25) is 0 Å². The molecule has 126 valence electrons. The zero-order chi connectivity index (χ0) is 16.0. The summed E-state index contributed by atoms with van der Waals surface area (Å²) in [5.41, 5.74) is 1.08. The molecule has 3 fully saturated rings. The van der Waals surface area contributed by atoms with Crippen molar-refractivity contribution < 1.29 is 4.79 Å². The van der Waals surface area contributed by atoms with E-state index >= 15 is 0 Å². The van der Waals surface area contributed by atoms with E-state index in [0.29, 0.717) is 10.00 Å². The molecule has 3 nitrogen and oxygen atoms in total. The highest BCUT2D eigenvalue weighted by Crippen LogP contribution is 2.65. The molecule has 1 N–H and O–H groups in total. The number of aromatic nitrogens is 1. The fourth-order valence-corrected chi connectivity index (χ4v) is 9.24. The highest BCUT2D eigenvalue weighted by atomic mass is 32.2. The minimum atomic E-state index is 0.186. The van der Waals surface area contributed by atoms with Gasteiger partial charge in [0.2, 0.25) is 5.91 Å². The Morgan fingerprint density at radius 2 is 1.91 bits per heavy atom. The van der Waals surface area contributed by atoms with Crippen LogP contribution in [0.25, 0.3) is 0 Å². The number of carbonyl (C=O) groups is 1. The Balaban J connectivity index is 1.42.